The van der Waals surface area contributed by atoms with Gasteiger partial charge in [-0.15, -0.1) is 11.3 Å². The standard InChI is InChI=1S/C22H19ClF4N4O2S/c23-16-8-13(9-28-19(16)31-6-4-12(10-32)5-7-31)20(33)30-21-29-17(11-34-21)14-2-1-3-15(18(14)24)22(25,26)27/h1-3,8-9,11-12,32H,4-7,10H2,(H,29,30,33). The lowest BCUT2D eigenvalue weighted by Gasteiger charge is -2.32. The van der Waals surface area contributed by atoms with E-state index < -0.39 is 23.5 Å². The molecule has 1 saturated heterocycles. The van der Waals surface area contributed by atoms with Crippen molar-refractivity contribution in [1.82, 2.24) is 9.97 Å². The largest absolute Gasteiger partial charge is 0.419 e. The second kappa shape index (κ2) is 9.85. The normalized spacial score (nSPS) is 14.9. The van der Waals surface area contributed by atoms with Crippen molar-refractivity contribution in [3.63, 3.8) is 0 Å². The van der Waals surface area contributed by atoms with Gasteiger partial charge in [0.15, 0.2) is 5.13 Å². The van der Waals surface area contributed by atoms with Gasteiger partial charge in [0, 0.05) is 36.8 Å². The first-order valence-corrected chi connectivity index (χ1v) is 11.6. The number of amides is 1. The summed E-state index contributed by atoms with van der Waals surface area (Å²) in [5.41, 5.74) is -1.56. The zero-order valence-corrected chi connectivity index (χ0v) is 19.1. The van der Waals surface area contributed by atoms with E-state index in [1.807, 2.05) is 4.90 Å². The fourth-order valence-electron chi connectivity index (χ4n) is 3.69. The van der Waals surface area contributed by atoms with Crippen LogP contribution in [0.1, 0.15) is 28.8 Å². The highest BCUT2D eigenvalue weighted by molar-refractivity contribution is 7.14. The summed E-state index contributed by atoms with van der Waals surface area (Å²) in [5.74, 6) is -1.18. The van der Waals surface area contributed by atoms with Crippen LogP contribution in [-0.2, 0) is 6.18 Å². The van der Waals surface area contributed by atoms with Crippen LogP contribution in [0.4, 0.5) is 28.5 Å². The second-order valence-corrected chi connectivity index (χ2v) is 9.06. The highest BCUT2D eigenvalue weighted by atomic mass is 35.5. The second-order valence-electron chi connectivity index (χ2n) is 7.80. The molecule has 3 aromatic rings. The van der Waals surface area contributed by atoms with Crippen LogP contribution >= 0.6 is 22.9 Å². The Morgan fingerprint density at radius 3 is 2.68 bits per heavy atom. The Morgan fingerprint density at radius 2 is 2.03 bits per heavy atom. The summed E-state index contributed by atoms with van der Waals surface area (Å²) in [6.07, 6.45) is -1.83. The molecule has 34 heavy (non-hydrogen) atoms. The number of carbonyl (C=O) groups is 1. The Hall–Kier alpha value is -2.76. The van der Waals surface area contributed by atoms with Gasteiger partial charge < -0.3 is 10.0 Å². The summed E-state index contributed by atoms with van der Waals surface area (Å²) in [4.78, 5) is 23.0. The molecule has 0 spiro atoms. The van der Waals surface area contributed by atoms with E-state index in [0.717, 1.165) is 30.2 Å². The quantitative estimate of drug-likeness (QED) is 0.441. The first kappa shape index (κ1) is 24.4. The topological polar surface area (TPSA) is 78.4 Å². The third kappa shape index (κ3) is 5.16. The molecule has 1 aliphatic heterocycles. The molecule has 180 valence electrons. The number of anilines is 2. The number of nitrogens with one attached hydrogen (secondary N) is 1. The lowest BCUT2D eigenvalue weighted by Crippen LogP contribution is -2.35. The molecule has 1 aromatic carbocycles. The fourth-order valence-corrected chi connectivity index (χ4v) is 4.68. The van der Waals surface area contributed by atoms with Crippen molar-refractivity contribution in [2.24, 2.45) is 5.92 Å². The van der Waals surface area contributed by atoms with Crippen molar-refractivity contribution in [2.75, 3.05) is 29.9 Å². The van der Waals surface area contributed by atoms with Crippen LogP contribution < -0.4 is 10.2 Å². The van der Waals surface area contributed by atoms with Crippen molar-refractivity contribution in [3.8, 4) is 11.3 Å². The van der Waals surface area contributed by atoms with E-state index in [1.54, 1.807) is 0 Å². The number of halogens is 5. The maximum Gasteiger partial charge on any atom is 0.419 e. The molecule has 2 aromatic heterocycles. The minimum absolute atomic E-state index is 0.0262. The smallest absolute Gasteiger partial charge is 0.396 e. The molecule has 1 fully saturated rings. The maximum atomic E-state index is 14.4. The number of aliphatic hydroxyl groups excluding tert-OH is 1. The molecule has 0 unspecified atom stereocenters. The molecule has 6 nitrogen and oxygen atoms in total. The molecule has 1 aliphatic rings. The zero-order valence-electron chi connectivity index (χ0n) is 17.6. The number of hydrogen-bond acceptors (Lipinski definition) is 6. The van der Waals surface area contributed by atoms with E-state index in [0.29, 0.717) is 30.0 Å². The monoisotopic (exact) mass is 514 g/mol. The van der Waals surface area contributed by atoms with E-state index in [1.165, 1.54) is 23.7 Å². The summed E-state index contributed by atoms with van der Waals surface area (Å²) in [6, 6.07) is 4.42. The van der Waals surface area contributed by atoms with Gasteiger partial charge in [0.25, 0.3) is 5.91 Å². The number of alkyl halides is 3. The maximum absolute atomic E-state index is 14.4. The van der Waals surface area contributed by atoms with Gasteiger partial charge in [0.2, 0.25) is 0 Å². The van der Waals surface area contributed by atoms with Crippen molar-refractivity contribution in [2.45, 2.75) is 19.0 Å². The average Bonchev–Trinajstić information content (AvgIpc) is 3.26. The Kier molecular flexibility index (Phi) is 7.06. The van der Waals surface area contributed by atoms with Gasteiger partial charge in [-0.1, -0.05) is 17.7 Å². The Bertz CT molecular complexity index is 1200. The first-order valence-electron chi connectivity index (χ1n) is 10.3. The first-order chi connectivity index (χ1) is 16.2. The molecule has 0 radical (unpaired) electrons. The number of thiazole rings is 1. The molecule has 0 saturated carbocycles. The molecular weight excluding hydrogens is 496 g/mol. The lowest BCUT2D eigenvalue weighted by atomic mass is 9.98. The Morgan fingerprint density at radius 1 is 1.29 bits per heavy atom. The molecule has 0 bridgehead atoms. The predicted octanol–water partition coefficient (Wildman–Crippen LogP) is 5.48. The van der Waals surface area contributed by atoms with Gasteiger partial charge in [0.1, 0.15) is 11.6 Å². The number of hydrogen-bond donors (Lipinski definition) is 2. The van der Waals surface area contributed by atoms with Crippen molar-refractivity contribution >= 4 is 39.8 Å². The third-order valence-electron chi connectivity index (χ3n) is 5.56. The van der Waals surface area contributed by atoms with E-state index >= 15 is 0 Å². The molecule has 0 aliphatic carbocycles. The SMILES string of the molecule is O=C(Nc1nc(-c2cccc(C(F)(F)F)c2F)cs1)c1cnc(N2CCC(CO)CC2)c(Cl)c1. The Balaban J connectivity index is 1.47. The van der Waals surface area contributed by atoms with E-state index in [9.17, 15) is 27.5 Å². The minimum Gasteiger partial charge on any atom is -0.396 e. The summed E-state index contributed by atoms with van der Waals surface area (Å²) in [6.45, 7) is 1.53. The van der Waals surface area contributed by atoms with Gasteiger partial charge >= 0.3 is 6.18 Å². The van der Waals surface area contributed by atoms with Crippen LogP contribution in [0, 0.1) is 11.7 Å². The van der Waals surface area contributed by atoms with Crippen LogP contribution in [0.15, 0.2) is 35.8 Å². The van der Waals surface area contributed by atoms with Gasteiger partial charge in [-0.3, -0.25) is 10.1 Å². The fraction of sp³-hybridized carbons (Fsp3) is 0.318. The van der Waals surface area contributed by atoms with Crippen molar-refractivity contribution < 1.29 is 27.5 Å². The van der Waals surface area contributed by atoms with Gasteiger partial charge in [-0.2, -0.15) is 13.2 Å². The van der Waals surface area contributed by atoms with E-state index in [2.05, 4.69) is 15.3 Å². The molecular formula is C22H19ClF4N4O2S. The number of aromatic nitrogens is 2. The average molecular weight is 515 g/mol. The number of piperidine rings is 1. The van der Waals surface area contributed by atoms with Crippen molar-refractivity contribution in [3.05, 3.63) is 57.8 Å². The number of carbonyl (C=O) groups excluding carboxylic acids is 1. The summed E-state index contributed by atoms with van der Waals surface area (Å²) >= 11 is 7.30. The van der Waals surface area contributed by atoms with Crippen LogP contribution in [0.2, 0.25) is 5.02 Å². The van der Waals surface area contributed by atoms with Gasteiger partial charge in [-0.25, -0.2) is 14.4 Å². The molecule has 0 atom stereocenters. The molecule has 2 N–H and O–H groups in total. The highest BCUT2D eigenvalue weighted by Crippen LogP contribution is 2.36. The Labute approximate surface area is 201 Å². The number of benzene rings is 1. The predicted molar refractivity (Wildman–Crippen MR) is 122 cm³/mol. The molecule has 1 amide bonds. The lowest BCUT2D eigenvalue weighted by molar-refractivity contribution is -0.139. The van der Waals surface area contributed by atoms with Crippen molar-refractivity contribution in [1.29, 1.82) is 0 Å². The number of rotatable bonds is 5. The van der Waals surface area contributed by atoms with Crippen LogP contribution in [0.5, 0.6) is 0 Å². The van der Waals surface area contributed by atoms with E-state index in [-0.39, 0.29) is 34.5 Å². The van der Waals surface area contributed by atoms with Crippen LogP contribution in [0.3, 0.4) is 0 Å². The molecule has 3 heterocycles. The number of nitrogens with zero attached hydrogens (tertiary/aromatic N) is 3. The summed E-state index contributed by atoms with van der Waals surface area (Å²) in [7, 11) is 0. The number of pyridine rings is 1. The molecule has 4 rings (SSSR count). The number of aliphatic hydroxyl groups is 1. The van der Waals surface area contributed by atoms with E-state index in [4.69, 9.17) is 11.6 Å². The summed E-state index contributed by atoms with van der Waals surface area (Å²) in [5, 5.41) is 13.5. The highest BCUT2D eigenvalue weighted by Gasteiger charge is 2.35. The molecule has 12 heteroatoms. The van der Waals surface area contributed by atoms with Crippen LogP contribution in [0.25, 0.3) is 11.3 Å². The third-order valence-corrected chi connectivity index (χ3v) is 6.60. The zero-order chi connectivity index (χ0) is 24.5. The minimum atomic E-state index is -4.83. The summed E-state index contributed by atoms with van der Waals surface area (Å²) < 4.78 is 53.3. The van der Waals surface area contributed by atoms with Gasteiger partial charge in [0.05, 0.1) is 21.8 Å². The van der Waals surface area contributed by atoms with Gasteiger partial charge in [-0.05, 0) is 37.0 Å². The van der Waals surface area contributed by atoms with Crippen LogP contribution in [-0.4, -0.2) is 40.7 Å².